The maximum Gasteiger partial charge on any atom is 0.237 e. The topological polar surface area (TPSA) is 41.1 Å². The molecule has 0 aromatic carbocycles. The normalized spacial score (nSPS) is 21.6. The molecule has 1 atom stereocenters. The largest absolute Gasteiger partial charge is 0.355 e. The molecule has 2 rings (SSSR count). The monoisotopic (exact) mass is 302 g/mol. The lowest BCUT2D eigenvalue weighted by molar-refractivity contribution is -0.122. The molecule has 0 radical (unpaired) electrons. The van der Waals surface area contributed by atoms with Crippen LogP contribution in [0.4, 0.5) is 0 Å². The van der Waals surface area contributed by atoms with Gasteiger partial charge in [0.05, 0.1) is 6.04 Å². The van der Waals surface area contributed by atoms with Crippen LogP contribution in [-0.4, -0.2) is 18.5 Å². The summed E-state index contributed by atoms with van der Waals surface area (Å²) in [4.78, 5) is 12.9. The van der Waals surface area contributed by atoms with Gasteiger partial charge in [-0.2, -0.15) is 0 Å². The molecular weight excluding hydrogens is 288 g/mol. The first-order chi connectivity index (χ1) is 7.77. The van der Waals surface area contributed by atoms with E-state index < -0.39 is 0 Å². The fourth-order valence-electron chi connectivity index (χ4n) is 1.80. The summed E-state index contributed by atoms with van der Waals surface area (Å²) in [6.45, 7) is 1.58. The first kappa shape index (κ1) is 12.1. The highest BCUT2D eigenvalue weighted by molar-refractivity contribution is 9.10. The summed E-state index contributed by atoms with van der Waals surface area (Å²) in [5.41, 5.74) is 0. The molecular formula is C11H15BrN2OS. The maximum absolute atomic E-state index is 11.7. The Morgan fingerprint density at radius 2 is 2.44 bits per heavy atom. The van der Waals surface area contributed by atoms with Crippen LogP contribution in [0.3, 0.4) is 0 Å². The van der Waals surface area contributed by atoms with Gasteiger partial charge in [-0.25, -0.2) is 0 Å². The molecule has 0 saturated carbocycles. The van der Waals surface area contributed by atoms with Crippen molar-refractivity contribution in [1.29, 1.82) is 0 Å². The summed E-state index contributed by atoms with van der Waals surface area (Å²) in [5.74, 6) is 0.144. The van der Waals surface area contributed by atoms with Crippen molar-refractivity contribution in [3.63, 3.8) is 0 Å². The molecule has 1 aliphatic rings. The summed E-state index contributed by atoms with van der Waals surface area (Å²) in [7, 11) is 0. The molecule has 16 heavy (non-hydrogen) atoms. The Kier molecular flexibility index (Phi) is 4.37. The number of hydrogen-bond donors (Lipinski definition) is 2. The van der Waals surface area contributed by atoms with E-state index in [0.717, 1.165) is 36.8 Å². The van der Waals surface area contributed by atoms with Crippen LogP contribution in [0.15, 0.2) is 15.9 Å². The highest BCUT2D eigenvalue weighted by atomic mass is 79.9. The predicted molar refractivity (Wildman–Crippen MR) is 69.5 cm³/mol. The zero-order chi connectivity index (χ0) is 11.4. The number of carbonyl (C=O) groups excluding carboxylic acids is 1. The molecule has 3 nitrogen and oxygen atoms in total. The minimum Gasteiger partial charge on any atom is -0.355 e. The number of halogens is 1. The average Bonchev–Trinajstić information content (AvgIpc) is 2.56. The fraction of sp³-hybridized carbons (Fsp3) is 0.545. The lowest BCUT2D eigenvalue weighted by Crippen LogP contribution is -2.42. The molecule has 0 bridgehead atoms. The van der Waals surface area contributed by atoms with E-state index in [2.05, 4.69) is 26.6 Å². The molecule has 5 heteroatoms. The van der Waals surface area contributed by atoms with Crippen molar-refractivity contribution in [2.45, 2.75) is 31.8 Å². The van der Waals surface area contributed by atoms with Gasteiger partial charge in [-0.05, 0) is 46.6 Å². The molecule has 1 unspecified atom stereocenters. The van der Waals surface area contributed by atoms with Crippen LogP contribution in [0.2, 0.25) is 0 Å². The van der Waals surface area contributed by atoms with Gasteiger partial charge in [-0.1, -0.05) is 0 Å². The maximum atomic E-state index is 11.7. The van der Waals surface area contributed by atoms with Crippen molar-refractivity contribution in [2.24, 2.45) is 0 Å². The third-order valence-corrected chi connectivity index (χ3v) is 4.66. The smallest absolute Gasteiger partial charge is 0.237 e. The van der Waals surface area contributed by atoms with Crippen LogP contribution in [-0.2, 0) is 11.3 Å². The van der Waals surface area contributed by atoms with Crippen molar-refractivity contribution >= 4 is 33.2 Å². The summed E-state index contributed by atoms with van der Waals surface area (Å²) < 4.78 is 1.12. The van der Waals surface area contributed by atoms with Gasteiger partial charge in [0.1, 0.15) is 0 Å². The van der Waals surface area contributed by atoms with Gasteiger partial charge in [-0.15, -0.1) is 11.3 Å². The van der Waals surface area contributed by atoms with Gasteiger partial charge in [0.15, 0.2) is 0 Å². The zero-order valence-electron chi connectivity index (χ0n) is 8.96. The van der Waals surface area contributed by atoms with Crippen molar-refractivity contribution in [3.8, 4) is 0 Å². The molecule has 2 N–H and O–H groups in total. The fourth-order valence-corrected chi connectivity index (χ4v) is 3.24. The van der Waals surface area contributed by atoms with Crippen molar-refractivity contribution in [2.75, 3.05) is 6.54 Å². The summed E-state index contributed by atoms with van der Waals surface area (Å²) in [6.07, 6.45) is 3.14. The third-order valence-electron chi connectivity index (χ3n) is 2.74. The summed E-state index contributed by atoms with van der Waals surface area (Å²) in [5, 5.41) is 8.30. The van der Waals surface area contributed by atoms with Gasteiger partial charge in [-0.3, -0.25) is 4.79 Å². The van der Waals surface area contributed by atoms with E-state index in [1.54, 1.807) is 11.3 Å². The molecule has 1 fully saturated rings. The molecule has 1 aromatic heterocycles. The van der Waals surface area contributed by atoms with Crippen molar-refractivity contribution < 1.29 is 4.79 Å². The zero-order valence-corrected chi connectivity index (χ0v) is 11.4. The van der Waals surface area contributed by atoms with Gasteiger partial charge in [0, 0.05) is 22.4 Å². The van der Waals surface area contributed by atoms with E-state index in [1.807, 2.05) is 11.4 Å². The minimum atomic E-state index is -0.0310. The Hall–Kier alpha value is -0.390. The molecule has 0 aliphatic carbocycles. The number of nitrogens with one attached hydrogen (secondary N) is 2. The van der Waals surface area contributed by atoms with Crippen molar-refractivity contribution in [3.05, 3.63) is 20.8 Å². The van der Waals surface area contributed by atoms with E-state index in [9.17, 15) is 4.79 Å². The highest BCUT2D eigenvalue weighted by Gasteiger charge is 2.19. The van der Waals surface area contributed by atoms with E-state index in [4.69, 9.17) is 0 Å². The lowest BCUT2D eigenvalue weighted by Gasteiger charge is -2.14. The standard InChI is InChI=1S/C11H15BrN2OS/c12-8-4-6-16-10(8)7-14-9-3-1-2-5-13-11(9)15/h4,6,9,14H,1-3,5,7H2,(H,13,15). The summed E-state index contributed by atoms with van der Waals surface area (Å²) >= 11 is 5.20. The number of amides is 1. The molecule has 0 spiro atoms. The van der Waals surface area contributed by atoms with Crippen LogP contribution in [0, 0.1) is 0 Å². The SMILES string of the molecule is O=C1NCCCCC1NCc1sccc1Br. The number of hydrogen-bond acceptors (Lipinski definition) is 3. The Morgan fingerprint density at radius 1 is 1.56 bits per heavy atom. The second-order valence-electron chi connectivity index (χ2n) is 3.91. The minimum absolute atomic E-state index is 0.0310. The number of thiophene rings is 1. The molecule has 2 heterocycles. The van der Waals surface area contributed by atoms with Crippen LogP contribution < -0.4 is 10.6 Å². The first-order valence-corrected chi connectivity index (χ1v) is 7.17. The second kappa shape index (κ2) is 5.80. The number of rotatable bonds is 3. The molecule has 88 valence electrons. The van der Waals surface area contributed by atoms with Crippen LogP contribution in [0.25, 0.3) is 0 Å². The van der Waals surface area contributed by atoms with Crippen LogP contribution in [0.5, 0.6) is 0 Å². The molecule has 1 saturated heterocycles. The van der Waals surface area contributed by atoms with Crippen LogP contribution in [0.1, 0.15) is 24.1 Å². The quantitative estimate of drug-likeness (QED) is 0.899. The third kappa shape index (κ3) is 3.06. The number of carbonyl (C=O) groups is 1. The Morgan fingerprint density at radius 3 is 3.19 bits per heavy atom. The van der Waals surface area contributed by atoms with Crippen molar-refractivity contribution in [1.82, 2.24) is 10.6 Å². The van der Waals surface area contributed by atoms with E-state index in [1.165, 1.54) is 4.88 Å². The highest BCUT2D eigenvalue weighted by Crippen LogP contribution is 2.22. The van der Waals surface area contributed by atoms with Gasteiger partial charge < -0.3 is 10.6 Å². The Bertz CT molecular complexity index is 367. The Labute approximate surface area is 108 Å². The second-order valence-corrected chi connectivity index (χ2v) is 5.77. The van der Waals surface area contributed by atoms with E-state index in [0.29, 0.717) is 0 Å². The van der Waals surface area contributed by atoms with E-state index in [-0.39, 0.29) is 11.9 Å². The predicted octanol–water partition coefficient (Wildman–Crippen LogP) is 2.27. The lowest BCUT2D eigenvalue weighted by atomic mass is 10.1. The van der Waals surface area contributed by atoms with Gasteiger partial charge in [0.25, 0.3) is 0 Å². The van der Waals surface area contributed by atoms with E-state index >= 15 is 0 Å². The van der Waals surface area contributed by atoms with Gasteiger partial charge >= 0.3 is 0 Å². The Balaban J connectivity index is 1.89. The average molecular weight is 303 g/mol. The first-order valence-electron chi connectivity index (χ1n) is 5.50. The molecule has 1 aliphatic heterocycles. The summed E-state index contributed by atoms with van der Waals surface area (Å²) in [6, 6.07) is 2.01. The van der Waals surface area contributed by atoms with Gasteiger partial charge in [0.2, 0.25) is 5.91 Å². The van der Waals surface area contributed by atoms with Crippen LogP contribution >= 0.6 is 27.3 Å². The molecule has 1 amide bonds. The molecule has 1 aromatic rings.